The molecule has 5 aromatic rings. The smallest absolute Gasteiger partial charge is 0.255 e. The molecule has 0 aliphatic rings. The van der Waals surface area contributed by atoms with E-state index >= 15 is 0 Å². The van der Waals surface area contributed by atoms with Crippen LogP contribution in [0.5, 0.6) is 0 Å². The molecule has 164 valence electrons. The third kappa shape index (κ3) is 5.00. The lowest BCUT2D eigenvalue weighted by Crippen LogP contribution is -2.11. The summed E-state index contributed by atoms with van der Waals surface area (Å²) >= 11 is 0. The lowest BCUT2D eigenvalue weighted by Gasteiger charge is -2.09. The van der Waals surface area contributed by atoms with Gasteiger partial charge in [-0.25, -0.2) is 9.97 Å². The summed E-state index contributed by atoms with van der Waals surface area (Å²) in [6.07, 6.45) is 1.54. The first-order valence-corrected chi connectivity index (χ1v) is 11.0. The largest absolute Gasteiger partial charge is 0.340 e. The van der Waals surface area contributed by atoms with Crippen LogP contribution in [0, 0.1) is 0 Å². The van der Waals surface area contributed by atoms with E-state index in [2.05, 4.69) is 32.7 Å². The quantitative estimate of drug-likeness (QED) is 0.303. The van der Waals surface area contributed by atoms with E-state index in [4.69, 9.17) is 0 Å². The number of rotatable bonds is 6. The fourth-order valence-electron chi connectivity index (χ4n) is 3.63. The van der Waals surface area contributed by atoms with Gasteiger partial charge in [0.2, 0.25) is 0 Å². The van der Waals surface area contributed by atoms with Crippen molar-refractivity contribution in [2.75, 3.05) is 10.6 Å². The minimum Gasteiger partial charge on any atom is -0.340 e. The standard InChI is InChI=1S/C29H22N4O/c34-29(24-13-11-22(12-14-24)21-7-3-1-4-8-21)33-26-17-15-25(16-18-26)32-28-19-27(30-20-31-28)23-9-5-2-6-10-23/h1-20H,(H,33,34)(H,30,31,32). The maximum absolute atomic E-state index is 12.7. The zero-order chi connectivity index (χ0) is 23.2. The minimum atomic E-state index is -0.149. The predicted octanol–water partition coefficient (Wildman–Crippen LogP) is 6.81. The van der Waals surface area contributed by atoms with E-state index in [1.54, 1.807) is 6.33 Å². The van der Waals surface area contributed by atoms with Gasteiger partial charge in [0.25, 0.3) is 5.91 Å². The van der Waals surface area contributed by atoms with Crippen LogP contribution in [-0.4, -0.2) is 15.9 Å². The molecule has 1 amide bonds. The van der Waals surface area contributed by atoms with Crippen molar-refractivity contribution in [3.05, 3.63) is 127 Å². The molecule has 0 spiro atoms. The molecule has 0 saturated heterocycles. The van der Waals surface area contributed by atoms with Crippen LogP contribution in [0.3, 0.4) is 0 Å². The molecule has 1 aromatic heterocycles. The predicted molar refractivity (Wildman–Crippen MR) is 137 cm³/mol. The van der Waals surface area contributed by atoms with Crippen LogP contribution < -0.4 is 10.6 Å². The second-order valence-corrected chi connectivity index (χ2v) is 7.75. The maximum atomic E-state index is 12.7. The summed E-state index contributed by atoms with van der Waals surface area (Å²) in [7, 11) is 0. The van der Waals surface area contributed by atoms with E-state index in [1.807, 2.05) is 103 Å². The number of carbonyl (C=O) groups is 1. The third-order valence-corrected chi connectivity index (χ3v) is 5.41. The summed E-state index contributed by atoms with van der Waals surface area (Å²) < 4.78 is 0. The van der Waals surface area contributed by atoms with Crippen LogP contribution in [0.1, 0.15) is 10.4 Å². The van der Waals surface area contributed by atoms with Crippen molar-refractivity contribution >= 4 is 23.1 Å². The van der Waals surface area contributed by atoms with Crippen molar-refractivity contribution in [1.82, 2.24) is 9.97 Å². The van der Waals surface area contributed by atoms with Crippen molar-refractivity contribution in [1.29, 1.82) is 0 Å². The van der Waals surface area contributed by atoms with Gasteiger partial charge in [-0.05, 0) is 47.5 Å². The highest BCUT2D eigenvalue weighted by Crippen LogP contribution is 2.23. The van der Waals surface area contributed by atoms with Gasteiger partial charge in [0.15, 0.2) is 0 Å². The third-order valence-electron chi connectivity index (χ3n) is 5.41. The molecular weight excluding hydrogens is 420 g/mol. The van der Waals surface area contributed by atoms with Gasteiger partial charge in [0.05, 0.1) is 5.69 Å². The van der Waals surface area contributed by atoms with Crippen LogP contribution >= 0.6 is 0 Å². The Labute approximate surface area is 198 Å². The number of carbonyl (C=O) groups excluding carboxylic acids is 1. The first kappa shape index (κ1) is 21.1. The topological polar surface area (TPSA) is 66.9 Å². The van der Waals surface area contributed by atoms with Gasteiger partial charge in [-0.2, -0.15) is 0 Å². The molecule has 0 bridgehead atoms. The molecule has 0 fully saturated rings. The molecule has 2 N–H and O–H groups in total. The van der Waals surface area contributed by atoms with Crippen LogP contribution in [0.15, 0.2) is 122 Å². The molecule has 0 aliphatic carbocycles. The summed E-state index contributed by atoms with van der Waals surface area (Å²) in [5.41, 5.74) is 6.27. The summed E-state index contributed by atoms with van der Waals surface area (Å²) in [5, 5.41) is 6.23. The van der Waals surface area contributed by atoms with Crippen LogP contribution in [0.4, 0.5) is 17.2 Å². The number of hydrogen-bond donors (Lipinski definition) is 2. The van der Waals surface area contributed by atoms with E-state index in [0.717, 1.165) is 33.8 Å². The first-order valence-electron chi connectivity index (χ1n) is 11.0. The molecule has 4 aromatic carbocycles. The Morgan fingerprint density at radius 2 is 1.18 bits per heavy atom. The second-order valence-electron chi connectivity index (χ2n) is 7.75. The number of amides is 1. The molecule has 5 rings (SSSR count). The lowest BCUT2D eigenvalue weighted by atomic mass is 10.0. The zero-order valence-electron chi connectivity index (χ0n) is 18.3. The molecule has 34 heavy (non-hydrogen) atoms. The number of aromatic nitrogens is 2. The van der Waals surface area contributed by atoms with E-state index in [1.165, 1.54) is 0 Å². The number of benzene rings is 4. The summed E-state index contributed by atoms with van der Waals surface area (Å²) in [6, 6.07) is 37.1. The Hall–Kier alpha value is -4.77. The van der Waals surface area contributed by atoms with Crippen LogP contribution in [-0.2, 0) is 0 Å². The number of hydrogen-bond acceptors (Lipinski definition) is 4. The average molecular weight is 443 g/mol. The van der Waals surface area contributed by atoms with Crippen molar-refractivity contribution in [2.24, 2.45) is 0 Å². The van der Waals surface area contributed by atoms with Gasteiger partial charge in [0, 0.05) is 28.6 Å². The highest BCUT2D eigenvalue weighted by Gasteiger charge is 2.07. The van der Waals surface area contributed by atoms with E-state index in [-0.39, 0.29) is 5.91 Å². The molecule has 5 heteroatoms. The fraction of sp³-hybridized carbons (Fsp3) is 0. The molecule has 1 heterocycles. The van der Waals surface area contributed by atoms with Crippen molar-refractivity contribution < 1.29 is 4.79 Å². The molecule has 5 nitrogen and oxygen atoms in total. The Morgan fingerprint density at radius 1 is 0.588 bits per heavy atom. The molecular formula is C29H22N4O. The number of nitrogens with zero attached hydrogens (tertiary/aromatic N) is 2. The van der Waals surface area contributed by atoms with Crippen molar-refractivity contribution in [3.63, 3.8) is 0 Å². The lowest BCUT2D eigenvalue weighted by molar-refractivity contribution is 0.102. The van der Waals surface area contributed by atoms with Gasteiger partial charge in [-0.15, -0.1) is 0 Å². The summed E-state index contributed by atoms with van der Waals surface area (Å²) in [5.74, 6) is 0.549. The highest BCUT2D eigenvalue weighted by molar-refractivity contribution is 6.04. The molecule has 0 unspecified atom stereocenters. The minimum absolute atomic E-state index is 0.149. The van der Waals surface area contributed by atoms with Crippen LogP contribution in [0.2, 0.25) is 0 Å². The zero-order valence-corrected chi connectivity index (χ0v) is 18.3. The Morgan fingerprint density at radius 3 is 1.85 bits per heavy atom. The second kappa shape index (κ2) is 9.79. The fourth-order valence-corrected chi connectivity index (χ4v) is 3.63. The first-order chi connectivity index (χ1) is 16.7. The highest BCUT2D eigenvalue weighted by atomic mass is 16.1. The van der Waals surface area contributed by atoms with Gasteiger partial charge >= 0.3 is 0 Å². The average Bonchev–Trinajstić information content (AvgIpc) is 2.91. The summed E-state index contributed by atoms with van der Waals surface area (Å²) in [4.78, 5) is 21.3. The summed E-state index contributed by atoms with van der Waals surface area (Å²) in [6.45, 7) is 0. The van der Waals surface area contributed by atoms with Crippen LogP contribution in [0.25, 0.3) is 22.4 Å². The Bertz CT molecular complexity index is 1380. The van der Waals surface area contributed by atoms with Gasteiger partial charge in [0.1, 0.15) is 12.1 Å². The Balaban J connectivity index is 1.23. The molecule has 0 radical (unpaired) electrons. The monoisotopic (exact) mass is 442 g/mol. The SMILES string of the molecule is O=C(Nc1ccc(Nc2cc(-c3ccccc3)ncn2)cc1)c1ccc(-c2ccccc2)cc1. The molecule has 0 saturated carbocycles. The normalized spacial score (nSPS) is 10.5. The van der Waals surface area contributed by atoms with E-state index in [9.17, 15) is 4.79 Å². The van der Waals surface area contributed by atoms with E-state index < -0.39 is 0 Å². The van der Waals surface area contributed by atoms with E-state index in [0.29, 0.717) is 11.4 Å². The maximum Gasteiger partial charge on any atom is 0.255 e. The van der Waals surface area contributed by atoms with Gasteiger partial charge in [-0.1, -0.05) is 72.8 Å². The van der Waals surface area contributed by atoms with Gasteiger partial charge < -0.3 is 10.6 Å². The molecule has 0 aliphatic heterocycles. The molecule has 0 atom stereocenters. The van der Waals surface area contributed by atoms with Gasteiger partial charge in [-0.3, -0.25) is 4.79 Å². The van der Waals surface area contributed by atoms with Crippen molar-refractivity contribution in [2.45, 2.75) is 0 Å². The Kier molecular flexibility index (Phi) is 6.08. The number of anilines is 3. The van der Waals surface area contributed by atoms with Crippen molar-refractivity contribution in [3.8, 4) is 22.4 Å². The number of nitrogens with one attached hydrogen (secondary N) is 2.